The number of carbonyl (C=O) groups is 1. The number of rotatable bonds is 2. The van der Waals surface area contributed by atoms with Crippen LogP contribution >= 0.6 is 0 Å². The summed E-state index contributed by atoms with van der Waals surface area (Å²) in [6, 6.07) is 7.42. The van der Waals surface area contributed by atoms with Gasteiger partial charge in [-0.1, -0.05) is 17.7 Å². The van der Waals surface area contributed by atoms with Crippen LogP contribution in [-0.4, -0.2) is 10.9 Å². The van der Waals surface area contributed by atoms with Crippen molar-refractivity contribution in [2.75, 3.05) is 5.43 Å². The Morgan fingerprint density at radius 3 is 2.43 bits per heavy atom. The first kappa shape index (κ1) is 10.1. The number of anilines is 1. The summed E-state index contributed by atoms with van der Waals surface area (Å²) in [5.74, 6) is -0.340. The van der Waals surface area contributed by atoms with Crippen LogP contribution in [0.2, 0.25) is 0 Å². The van der Waals surface area contributed by atoms with Gasteiger partial charge in [0.2, 0.25) is 6.19 Å². The Hall–Kier alpha value is -2.02. The second-order valence-corrected chi connectivity index (χ2v) is 2.93. The topological polar surface area (TPSA) is 56.1 Å². The first-order chi connectivity index (χ1) is 6.63. The summed E-state index contributed by atoms with van der Waals surface area (Å²) in [7, 11) is 0. The van der Waals surface area contributed by atoms with E-state index in [-0.39, 0.29) is 5.91 Å². The van der Waals surface area contributed by atoms with Crippen molar-refractivity contribution < 1.29 is 4.79 Å². The molecule has 0 aliphatic rings. The summed E-state index contributed by atoms with van der Waals surface area (Å²) in [5, 5.41) is 9.48. The van der Waals surface area contributed by atoms with Crippen molar-refractivity contribution >= 4 is 11.6 Å². The highest BCUT2D eigenvalue weighted by Gasteiger charge is 2.05. The molecule has 72 valence electrons. The van der Waals surface area contributed by atoms with Gasteiger partial charge < -0.3 is 0 Å². The molecule has 0 saturated carbocycles. The van der Waals surface area contributed by atoms with E-state index in [9.17, 15) is 4.79 Å². The van der Waals surface area contributed by atoms with Crippen molar-refractivity contribution in [3.8, 4) is 6.19 Å². The van der Waals surface area contributed by atoms with Gasteiger partial charge >= 0.3 is 0 Å². The second-order valence-electron chi connectivity index (χ2n) is 2.93. The fourth-order valence-electron chi connectivity index (χ4n) is 0.931. The summed E-state index contributed by atoms with van der Waals surface area (Å²) >= 11 is 0. The largest absolute Gasteiger partial charge is 0.282 e. The summed E-state index contributed by atoms with van der Waals surface area (Å²) in [4.78, 5) is 10.9. The van der Waals surface area contributed by atoms with E-state index in [0.29, 0.717) is 5.69 Å². The highest BCUT2D eigenvalue weighted by molar-refractivity contribution is 5.76. The van der Waals surface area contributed by atoms with Gasteiger partial charge in [0.15, 0.2) is 0 Å². The van der Waals surface area contributed by atoms with Crippen LogP contribution in [0.5, 0.6) is 0 Å². The number of carbonyl (C=O) groups excluding carboxylic acids is 1. The summed E-state index contributed by atoms with van der Waals surface area (Å²) in [6.07, 6.45) is 1.74. The normalized spacial score (nSPS) is 8.93. The lowest BCUT2D eigenvalue weighted by molar-refractivity contribution is -0.124. The van der Waals surface area contributed by atoms with E-state index >= 15 is 0 Å². The van der Waals surface area contributed by atoms with Crippen molar-refractivity contribution in [2.24, 2.45) is 0 Å². The van der Waals surface area contributed by atoms with Crippen LogP contribution in [0.25, 0.3) is 0 Å². The zero-order valence-corrected chi connectivity index (χ0v) is 8.11. The minimum atomic E-state index is -0.340. The molecular formula is C10H11N3O. The molecule has 0 unspecified atom stereocenters. The van der Waals surface area contributed by atoms with Gasteiger partial charge in [0.25, 0.3) is 5.91 Å². The van der Waals surface area contributed by atoms with Crippen LogP contribution in [0.3, 0.4) is 0 Å². The van der Waals surface area contributed by atoms with Crippen LogP contribution in [-0.2, 0) is 4.79 Å². The van der Waals surface area contributed by atoms with Crippen molar-refractivity contribution in [3.63, 3.8) is 0 Å². The molecule has 0 aromatic heterocycles. The van der Waals surface area contributed by atoms with Crippen LogP contribution in [0.1, 0.15) is 12.5 Å². The SMILES string of the molecule is CC(=O)N(C#N)Nc1ccc(C)cc1. The van der Waals surface area contributed by atoms with E-state index in [1.54, 1.807) is 6.19 Å². The zero-order valence-electron chi connectivity index (χ0n) is 8.11. The van der Waals surface area contributed by atoms with Crippen molar-refractivity contribution in [2.45, 2.75) is 13.8 Å². The van der Waals surface area contributed by atoms with Crippen LogP contribution < -0.4 is 5.43 Å². The molecule has 14 heavy (non-hydrogen) atoms. The molecule has 0 radical (unpaired) electrons. The van der Waals surface area contributed by atoms with Gasteiger partial charge in [0, 0.05) is 6.92 Å². The van der Waals surface area contributed by atoms with Gasteiger partial charge in [-0.15, -0.1) is 0 Å². The third kappa shape index (κ3) is 2.49. The maximum absolute atomic E-state index is 10.9. The summed E-state index contributed by atoms with van der Waals surface area (Å²) in [6.45, 7) is 3.29. The number of nitriles is 1. The number of hydrogen-bond acceptors (Lipinski definition) is 3. The Bertz CT molecular complexity index is 364. The van der Waals surface area contributed by atoms with E-state index < -0.39 is 0 Å². The summed E-state index contributed by atoms with van der Waals surface area (Å²) < 4.78 is 0. The van der Waals surface area contributed by atoms with E-state index in [1.807, 2.05) is 31.2 Å². The number of amides is 1. The molecule has 1 N–H and O–H groups in total. The monoisotopic (exact) mass is 189 g/mol. The van der Waals surface area contributed by atoms with E-state index in [4.69, 9.17) is 5.26 Å². The number of nitrogens with one attached hydrogen (secondary N) is 1. The molecule has 0 aliphatic heterocycles. The Kier molecular flexibility index (Phi) is 3.08. The third-order valence-corrected chi connectivity index (χ3v) is 1.71. The molecule has 0 atom stereocenters. The van der Waals surface area contributed by atoms with Gasteiger partial charge in [-0.25, -0.2) is 0 Å². The number of aryl methyl sites for hydroxylation is 1. The molecular weight excluding hydrogens is 178 g/mol. The molecule has 1 amide bonds. The average Bonchev–Trinajstić information content (AvgIpc) is 2.16. The molecule has 0 fully saturated rings. The van der Waals surface area contributed by atoms with Crippen LogP contribution in [0.15, 0.2) is 24.3 Å². The predicted octanol–water partition coefficient (Wildman–Crippen LogP) is 1.65. The lowest BCUT2D eigenvalue weighted by Crippen LogP contribution is -2.29. The van der Waals surface area contributed by atoms with Gasteiger partial charge in [-0.2, -0.15) is 10.3 Å². The highest BCUT2D eigenvalue weighted by Crippen LogP contribution is 2.09. The smallest absolute Gasteiger partial charge is 0.251 e. The first-order valence-corrected chi connectivity index (χ1v) is 4.17. The van der Waals surface area contributed by atoms with Crippen LogP contribution in [0.4, 0.5) is 5.69 Å². The molecule has 0 saturated heterocycles. The Morgan fingerprint density at radius 1 is 1.43 bits per heavy atom. The molecule has 0 bridgehead atoms. The third-order valence-electron chi connectivity index (χ3n) is 1.71. The lowest BCUT2D eigenvalue weighted by atomic mass is 10.2. The predicted molar refractivity (Wildman–Crippen MR) is 52.9 cm³/mol. The van der Waals surface area contributed by atoms with Gasteiger partial charge in [0.05, 0.1) is 5.69 Å². The minimum absolute atomic E-state index is 0.340. The molecule has 4 nitrogen and oxygen atoms in total. The number of nitrogens with zero attached hydrogens (tertiary/aromatic N) is 2. The first-order valence-electron chi connectivity index (χ1n) is 4.17. The lowest BCUT2D eigenvalue weighted by Gasteiger charge is -2.13. The zero-order chi connectivity index (χ0) is 10.6. The molecule has 1 rings (SSSR count). The maximum Gasteiger partial charge on any atom is 0.251 e. The molecule has 1 aromatic carbocycles. The minimum Gasteiger partial charge on any atom is -0.282 e. The molecule has 0 heterocycles. The van der Waals surface area contributed by atoms with Crippen molar-refractivity contribution in [1.82, 2.24) is 5.01 Å². The Balaban J connectivity index is 2.74. The maximum atomic E-state index is 10.9. The van der Waals surface area contributed by atoms with Crippen molar-refractivity contribution in [1.29, 1.82) is 5.26 Å². The van der Waals surface area contributed by atoms with Gasteiger partial charge in [-0.05, 0) is 19.1 Å². The fourth-order valence-corrected chi connectivity index (χ4v) is 0.931. The Morgan fingerprint density at radius 2 is 2.00 bits per heavy atom. The fraction of sp³-hybridized carbons (Fsp3) is 0.200. The van der Waals surface area contributed by atoms with E-state index in [2.05, 4.69) is 5.43 Å². The summed E-state index contributed by atoms with van der Waals surface area (Å²) in [5.41, 5.74) is 4.52. The van der Waals surface area contributed by atoms with Gasteiger partial charge in [0.1, 0.15) is 0 Å². The average molecular weight is 189 g/mol. The Labute approximate surface area is 82.7 Å². The van der Waals surface area contributed by atoms with Gasteiger partial charge in [-0.3, -0.25) is 10.2 Å². The highest BCUT2D eigenvalue weighted by atomic mass is 16.2. The van der Waals surface area contributed by atoms with E-state index in [1.165, 1.54) is 6.92 Å². The van der Waals surface area contributed by atoms with Crippen molar-refractivity contribution in [3.05, 3.63) is 29.8 Å². The quantitative estimate of drug-likeness (QED) is 0.437. The molecule has 0 aliphatic carbocycles. The molecule has 0 spiro atoms. The van der Waals surface area contributed by atoms with Crippen LogP contribution in [0, 0.1) is 18.4 Å². The van der Waals surface area contributed by atoms with E-state index in [0.717, 1.165) is 10.6 Å². The molecule has 1 aromatic rings. The standard InChI is InChI=1S/C10H11N3O/c1-8-3-5-10(6-4-8)12-13(7-11)9(2)14/h3-6,12H,1-2H3. The number of hydrazine groups is 1. The molecule has 4 heteroatoms. The second kappa shape index (κ2) is 4.28. The number of benzene rings is 1. The number of hydrogen-bond donors (Lipinski definition) is 1.